The molecule has 0 amide bonds. The van der Waals surface area contributed by atoms with Crippen molar-refractivity contribution in [1.82, 2.24) is 0 Å². The second-order valence-electron chi connectivity index (χ2n) is 15.1. The van der Waals surface area contributed by atoms with Gasteiger partial charge in [-0.2, -0.15) is 0 Å². The van der Waals surface area contributed by atoms with E-state index >= 15 is 0 Å². The molecule has 0 saturated heterocycles. The molecule has 2 nitrogen and oxygen atoms in total. The highest BCUT2D eigenvalue weighted by molar-refractivity contribution is 5.85. The summed E-state index contributed by atoms with van der Waals surface area (Å²) in [7, 11) is 0. The Morgan fingerprint density at radius 1 is 0.804 bits per heavy atom. The zero-order chi connectivity index (χ0) is 32.3. The van der Waals surface area contributed by atoms with E-state index in [0.29, 0.717) is 11.8 Å². The van der Waals surface area contributed by atoms with Crippen molar-refractivity contribution < 1.29 is 5.11 Å². The predicted molar refractivity (Wildman–Crippen MR) is 195 cm³/mol. The first-order valence-corrected chi connectivity index (χ1v) is 17.4. The fourth-order valence-electron chi connectivity index (χ4n) is 8.14. The van der Waals surface area contributed by atoms with Crippen LogP contribution < -0.4 is 0 Å². The van der Waals surface area contributed by atoms with Crippen LogP contribution in [0.15, 0.2) is 103 Å². The number of aliphatic imine (C=N–C) groups is 1. The molecule has 1 saturated carbocycles. The van der Waals surface area contributed by atoms with Crippen molar-refractivity contribution in [2.75, 3.05) is 0 Å². The smallest absolute Gasteiger partial charge is 0.128 e. The first kappa shape index (κ1) is 32.0. The van der Waals surface area contributed by atoms with Crippen molar-refractivity contribution in [3.05, 3.63) is 137 Å². The third-order valence-corrected chi connectivity index (χ3v) is 10.6. The number of benzene rings is 4. The second-order valence-corrected chi connectivity index (χ2v) is 15.1. The minimum atomic E-state index is -0.177. The maximum absolute atomic E-state index is 11.5. The van der Waals surface area contributed by atoms with Gasteiger partial charge in [0, 0.05) is 29.3 Å². The number of phenols is 1. The van der Waals surface area contributed by atoms with Gasteiger partial charge in [0.05, 0.1) is 0 Å². The number of phenolic OH excluding ortho intramolecular Hbond substituents is 1. The quantitative estimate of drug-likeness (QED) is 0.141. The molecule has 2 aliphatic carbocycles. The zero-order valence-corrected chi connectivity index (χ0v) is 28.4. The summed E-state index contributed by atoms with van der Waals surface area (Å²) in [4.78, 5) is 4.99. The molecule has 0 bridgehead atoms. The van der Waals surface area contributed by atoms with Crippen molar-refractivity contribution in [3.63, 3.8) is 0 Å². The maximum atomic E-state index is 11.5. The lowest BCUT2D eigenvalue weighted by atomic mass is 9.65. The first-order valence-electron chi connectivity index (χ1n) is 17.4. The number of allylic oxidation sites excluding steroid dienone is 1. The van der Waals surface area contributed by atoms with Gasteiger partial charge in [0.15, 0.2) is 0 Å². The zero-order valence-electron chi connectivity index (χ0n) is 28.4. The number of nitrogens with zero attached hydrogens (tertiary/aromatic N) is 1. The molecule has 2 aliphatic rings. The molecular weight excluding hydrogens is 558 g/mol. The van der Waals surface area contributed by atoms with Crippen LogP contribution >= 0.6 is 0 Å². The van der Waals surface area contributed by atoms with Crippen LogP contribution in [0.1, 0.15) is 111 Å². The molecule has 0 radical (unpaired) electrons. The van der Waals surface area contributed by atoms with E-state index < -0.39 is 0 Å². The Balaban J connectivity index is 1.41. The lowest BCUT2D eigenvalue weighted by molar-refractivity contribution is 0.257. The highest BCUT2D eigenvalue weighted by Crippen LogP contribution is 2.55. The van der Waals surface area contributed by atoms with Gasteiger partial charge in [-0.1, -0.05) is 132 Å². The van der Waals surface area contributed by atoms with Gasteiger partial charge in [0.1, 0.15) is 5.75 Å². The highest BCUT2D eigenvalue weighted by Gasteiger charge is 2.42. The number of aromatic hydroxyl groups is 1. The van der Waals surface area contributed by atoms with Gasteiger partial charge in [-0.25, -0.2) is 0 Å². The van der Waals surface area contributed by atoms with E-state index in [2.05, 4.69) is 119 Å². The predicted octanol–water partition coefficient (Wildman–Crippen LogP) is 11.2. The SMILES string of the molecule is C=CCc1ccccc1CC(C)(CCc1cc(/C=N/C2CCCCC2)c(O)c(C(C)(C)C)c1)C1c2ccccc2-c2ccccc21. The average Bonchev–Trinajstić information content (AvgIpc) is 3.40. The van der Waals surface area contributed by atoms with Crippen LogP contribution in [0, 0.1) is 5.41 Å². The molecule has 1 atom stereocenters. The van der Waals surface area contributed by atoms with Crippen LogP contribution in [-0.2, 0) is 24.7 Å². The minimum Gasteiger partial charge on any atom is -0.507 e. The summed E-state index contributed by atoms with van der Waals surface area (Å²) >= 11 is 0. The molecule has 6 rings (SSSR count). The third kappa shape index (κ3) is 6.63. The molecule has 1 unspecified atom stereocenters. The summed E-state index contributed by atoms with van der Waals surface area (Å²) in [5, 5.41) is 11.5. The molecule has 0 heterocycles. The Morgan fingerprint density at radius 2 is 1.41 bits per heavy atom. The summed E-state index contributed by atoms with van der Waals surface area (Å²) in [6.07, 6.45) is 13.9. The van der Waals surface area contributed by atoms with E-state index in [1.54, 1.807) is 0 Å². The van der Waals surface area contributed by atoms with Crippen LogP contribution in [0.25, 0.3) is 11.1 Å². The Bertz CT molecular complexity index is 1670. The van der Waals surface area contributed by atoms with Gasteiger partial charge < -0.3 is 5.11 Å². The van der Waals surface area contributed by atoms with Crippen LogP contribution in [0.4, 0.5) is 0 Å². The Labute approximate surface area is 277 Å². The molecule has 1 fully saturated rings. The van der Waals surface area contributed by atoms with E-state index in [0.717, 1.165) is 49.7 Å². The molecule has 1 N–H and O–H groups in total. The largest absolute Gasteiger partial charge is 0.507 e. The van der Waals surface area contributed by atoms with Crippen LogP contribution in [0.5, 0.6) is 5.75 Å². The Hall–Kier alpha value is -3.91. The van der Waals surface area contributed by atoms with Gasteiger partial charge in [0.25, 0.3) is 0 Å². The van der Waals surface area contributed by atoms with Crippen molar-refractivity contribution >= 4 is 6.21 Å². The highest BCUT2D eigenvalue weighted by atomic mass is 16.3. The molecule has 4 aromatic carbocycles. The van der Waals surface area contributed by atoms with Crippen LogP contribution in [-0.4, -0.2) is 17.4 Å². The molecule has 46 heavy (non-hydrogen) atoms. The van der Waals surface area contributed by atoms with E-state index in [1.165, 1.54) is 58.2 Å². The first-order chi connectivity index (χ1) is 22.2. The number of aryl methyl sites for hydroxylation is 1. The average molecular weight is 610 g/mol. The van der Waals surface area contributed by atoms with Crippen molar-refractivity contribution in [2.24, 2.45) is 10.4 Å². The van der Waals surface area contributed by atoms with E-state index in [9.17, 15) is 5.11 Å². The standard InChI is InChI=1S/C44H51NO/c1-6-16-32-17-10-11-18-33(32)29-44(5,41-38-23-14-12-21-36(38)37-22-13-15-24-39(37)41)26-25-31-27-34(30-45-35-19-8-7-9-20-35)42(46)40(28-31)43(2,3)4/h6,10-15,17-18,21-24,27-28,30,35,41,46H,1,7-9,16,19-20,25-26,29H2,2-5H3/b45-30+. The monoisotopic (exact) mass is 609 g/mol. The van der Waals surface area contributed by atoms with Gasteiger partial charge in [0.2, 0.25) is 0 Å². The fraction of sp³-hybridized carbons (Fsp3) is 0.386. The molecule has 238 valence electrons. The molecule has 4 aromatic rings. The van der Waals surface area contributed by atoms with Gasteiger partial charge in [-0.15, -0.1) is 6.58 Å². The molecule has 0 aromatic heterocycles. The summed E-state index contributed by atoms with van der Waals surface area (Å²) in [5.41, 5.74) is 11.3. The van der Waals surface area contributed by atoms with E-state index in [-0.39, 0.29) is 16.7 Å². The molecule has 0 spiro atoms. The minimum absolute atomic E-state index is 0.0594. The molecule has 2 heteroatoms. The van der Waals surface area contributed by atoms with Crippen molar-refractivity contribution in [1.29, 1.82) is 0 Å². The lowest BCUT2D eigenvalue weighted by Crippen LogP contribution is -2.29. The molecular formula is C44H51NO. The summed E-state index contributed by atoms with van der Waals surface area (Å²) in [6.45, 7) is 13.2. The summed E-state index contributed by atoms with van der Waals surface area (Å²) in [5.74, 6) is 0.666. The molecule has 0 aliphatic heterocycles. The summed E-state index contributed by atoms with van der Waals surface area (Å²) in [6, 6.07) is 31.8. The van der Waals surface area contributed by atoms with E-state index in [4.69, 9.17) is 4.99 Å². The van der Waals surface area contributed by atoms with Gasteiger partial charge in [-0.3, -0.25) is 4.99 Å². The number of rotatable bonds is 10. The topological polar surface area (TPSA) is 32.6 Å². The van der Waals surface area contributed by atoms with Crippen LogP contribution in [0.3, 0.4) is 0 Å². The number of fused-ring (bicyclic) bond motifs is 3. The van der Waals surface area contributed by atoms with Crippen molar-refractivity contribution in [2.45, 2.75) is 103 Å². The normalized spacial score (nSPS) is 16.7. The van der Waals surface area contributed by atoms with Crippen molar-refractivity contribution in [3.8, 4) is 16.9 Å². The Kier molecular flexibility index (Phi) is 9.37. The number of hydrogen-bond acceptors (Lipinski definition) is 2. The lowest BCUT2D eigenvalue weighted by Gasteiger charge is -2.38. The van der Waals surface area contributed by atoms with Crippen LogP contribution in [0.2, 0.25) is 0 Å². The van der Waals surface area contributed by atoms with E-state index in [1.807, 2.05) is 12.3 Å². The second kappa shape index (κ2) is 13.4. The third-order valence-electron chi connectivity index (χ3n) is 10.6. The summed E-state index contributed by atoms with van der Waals surface area (Å²) < 4.78 is 0. The van der Waals surface area contributed by atoms with Gasteiger partial charge >= 0.3 is 0 Å². The maximum Gasteiger partial charge on any atom is 0.128 e. The Morgan fingerprint density at radius 3 is 2.04 bits per heavy atom. The number of hydrogen-bond donors (Lipinski definition) is 1. The fourth-order valence-corrected chi connectivity index (χ4v) is 8.14. The van der Waals surface area contributed by atoms with Gasteiger partial charge in [-0.05, 0) is 94.4 Å².